The predicted octanol–water partition coefficient (Wildman–Crippen LogP) is 4.12. The van der Waals surface area contributed by atoms with E-state index in [0.29, 0.717) is 12.3 Å². The lowest BCUT2D eigenvalue weighted by Crippen LogP contribution is -2.28. The van der Waals surface area contributed by atoms with Gasteiger partial charge in [-0.05, 0) is 26.0 Å². The average molecular weight is 352 g/mol. The zero-order chi connectivity index (χ0) is 17.6. The second-order valence-corrected chi connectivity index (χ2v) is 6.86. The molecule has 1 amide bonds. The van der Waals surface area contributed by atoms with Crippen LogP contribution >= 0.6 is 11.3 Å². The Labute approximate surface area is 151 Å². The zero-order valence-electron chi connectivity index (χ0n) is 14.3. The van der Waals surface area contributed by atoms with Crippen LogP contribution in [-0.4, -0.2) is 17.5 Å². The normalized spacial score (nSPS) is 10.5. The molecule has 0 bridgehead atoms. The number of nitrogens with one attached hydrogen (secondary N) is 1. The molecule has 0 aliphatic rings. The van der Waals surface area contributed by atoms with E-state index in [4.69, 9.17) is 4.74 Å². The standard InChI is InChI=1S/C20H20N2O2S/c1-14-8-10-17(11-9-14)24-13-19(23)21-12-18-15(2)22-20(25-18)16-6-4-3-5-7-16/h3-11H,12-13H2,1-2H3,(H,21,23). The highest BCUT2D eigenvalue weighted by Crippen LogP contribution is 2.27. The lowest BCUT2D eigenvalue weighted by atomic mass is 10.2. The van der Waals surface area contributed by atoms with Crippen LogP contribution in [0.2, 0.25) is 0 Å². The second kappa shape index (κ2) is 7.94. The SMILES string of the molecule is Cc1ccc(OCC(=O)NCc2sc(-c3ccccc3)nc2C)cc1. The Balaban J connectivity index is 1.53. The van der Waals surface area contributed by atoms with Gasteiger partial charge in [-0.2, -0.15) is 0 Å². The molecule has 3 rings (SSSR count). The molecule has 0 radical (unpaired) electrons. The largest absolute Gasteiger partial charge is 0.484 e. The van der Waals surface area contributed by atoms with Crippen LogP contribution in [0.5, 0.6) is 5.75 Å². The van der Waals surface area contributed by atoms with Gasteiger partial charge in [-0.25, -0.2) is 4.98 Å². The number of hydrogen-bond donors (Lipinski definition) is 1. The maximum Gasteiger partial charge on any atom is 0.258 e. The van der Waals surface area contributed by atoms with E-state index in [0.717, 1.165) is 26.7 Å². The van der Waals surface area contributed by atoms with Crippen molar-refractivity contribution in [2.45, 2.75) is 20.4 Å². The van der Waals surface area contributed by atoms with Crippen LogP contribution in [-0.2, 0) is 11.3 Å². The number of hydrogen-bond acceptors (Lipinski definition) is 4. The molecule has 0 fully saturated rings. The third-order valence-corrected chi connectivity index (χ3v) is 4.96. The maximum absolute atomic E-state index is 12.0. The van der Waals surface area contributed by atoms with Gasteiger partial charge in [0.15, 0.2) is 6.61 Å². The topological polar surface area (TPSA) is 51.2 Å². The van der Waals surface area contributed by atoms with Crippen LogP contribution in [0, 0.1) is 13.8 Å². The zero-order valence-corrected chi connectivity index (χ0v) is 15.1. The van der Waals surface area contributed by atoms with Crippen LogP contribution in [0.4, 0.5) is 0 Å². The Morgan fingerprint density at radius 2 is 1.80 bits per heavy atom. The van der Waals surface area contributed by atoms with Gasteiger partial charge in [0.25, 0.3) is 5.91 Å². The quantitative estimate of drug-likeness (QED) is 0.726. The molecule has 0 unspecified atom stereocenters. The molecule has 1 N–H and O–H groups in total. The van der Waals surface area contributed by atoms with E-state index in [1.807, 2.05) is 68.4 Å². The summed E-state index contributed by atoms with van der Waals surface area (Å²) in [7, 11) is 0. The number of carbonyl (C=O) groups excluding carboxylic acids is 1. The molecule has 4 nitrogen and oxygen atoms in total. The monoisotopic (exact) mass is 352 g/mol. The Bertz CT molecular complexity index is 842. The number of rotatable bonds is 6. The van der Waals surface area contributed by atoms with Crippen molar-refractivity contribution in [1.82, 2.24) is 10.3 Å². The Morgan fingerprint density at radius 3 is 2.52 bits per heavy atom. The van der Waals surface area contributed by atoms with Crippen molar-refractivity contribution in [3.05, 3.63) is 70.7 Å². The van der Waals surface area contributed by atoms with Crippen molar-refractivity contribution in [2.24, 2.45) is 0 Å². The first kappa shape index (κ1) is 17.2. The van der Waals surface area contributed by atoms with Crippen LogP contribution in [0.15, 0.2) is 54.6 Å². The smallest absolute Gasteiger partial charge is 0.258 e. The van der Waals surface area contributed by atoms with E-state index in [-0.39, 0.29) is 12.5 Å². The van der Waals surface area contributed by atoms with Crippen molar-refractivity contribution in [3.8, 4) is 16.3 Å². The number of carbonyl (C=O) groups is 1. The van der Waals surface area contributed by atoms with E-state index in [1.165, 1.54) is 0 Å². The first-order valence-electron chi connectivity index (χ1n) is 8.10. The van der Waals surface area contributed by atoms with Gasteiger partial charge in [-0.1, -0.05) is 48.0 Å². The van der Waals surface area contributed by atoms with E-state index in [2.05, 4.69) is 10.3 Å². The van der Waals surface area contributed by atoms with Crippen molar-refractivity contribution in [2.75, 3.05) is 6.61 Å². The summed E-state index contributed by atoms with van der Waals surface area (Å²) in [5.41, 5.74) is 3.20. The molecule has 25 heavy (non-hydrogen) atoms. The number of aromatic nitrogens is 1. The number of nitrogens with zero attached hydrogens (tertiary/aromatic N) is 1. The summed E-state index contributed by atoms with van der Waals surface area (Å²) in [5.74, 6) is 0.552. The first-order chi connectivity index (χ1) is 12.1. The first-order valence-corrected chi connectivity index (χ1v) is 8.91. The van der Waals surface area contributed by atoms with Gasteiger partial charge >= 0.3 is 0 Å². The highest BCUT2D eigenvalue weighted by molar-refractivity contribution is 7.15. The van der Waals surface area contributed by atoms with Crippen LogP contribution in [0.3, 0.4) is 0 Å². The van der Waals surface area contributed by atoms with E-state index >= 15 is 0 Å². The fourth-order valence-corrected chi connectivity index (χ4v) is 3.32. The Kier molecular flexibility index (Phi) is 5.46. The third-order valence-electron chi connectivity index (χ3n) is 3.75. The molecular formula is C20H20N2O2S. The lowest BCUT2D eigenvalue weighted by Gasteiger charge is -2.07. The molecule has 2 aromatic carbocycles. The molecule has 0 spiro atoms. The summed E-state index contributed by atoms with van der Waals surface area (Å²) in [6.45, 7) is 4.45. The highest BCUT2D eigenvalue weighted by atomic mass is 32.1. The van der Waals surface area contributed by atoms with Crippen molar-refractivity contribution in [3.63, 3.8) is 0 Å². The number of ether oxygens (including phenoxy) is 1. The van der Waals surface area contributed by atoms with E-state index < -0.39 is 0 Å². The fourth-order valence-electron chi connectivity index (χ4n) is 2.31. The van der Waals surface area contributed by atoms with E-state index in [1.54, 1.807) is 11.3 Å². The van der Waals surface area contributed by atoms with Gasteiger partial charge in [-0.15, -0.1) is 11.3 Å². The van der Waals surface area contributed by atoms with Crippen molar-refractivity contribution < 1.29 is 9.53 Å². The summed E-state index contributed by atoms with van der Waals surface area (Å²) >= 11 is 1.60. The van der Waals surface area contributed by atoms with Gasteiger partial charge in [0.1, 0.15) is 10.8 Å². The summed E-state index contributed by atoms with van der Waals surface area (Å²) in [5, 5.41) is 3.86. The number of aryl methyl sites for hydroxylation is 2. The van der Waals surface area contributed by atoms with Gasteiger partial charge in [0, 0.05) is 10.4 Å². The molecule has 3 aromatic rings. The summed E-state index contributed by atoms with van der Waals surface area (Å²) in [4.78, 5) is 17.6. The molecule has 0 aliphatic heterocycles. The van der Waals surface area contributed by atoms with Gasteiger partial charge in [-0.3, -0.25) is 4.79 Å². The molecule has 0 aliphatic carbocycles. The molecule has 0 saturated heterocycles. The fraction of sp³-hybridized carbons (Fsp3) is 0.200. The minimum absolute atomic E-state index is 0.00640. The number of thiazole rings is 1. The average Bonchev–Trinajstić information content (AvgIpc) is 3.01. The second-order valence-electron chi connectivity index (χ2n) is 5.77. The Hall–Kier alpha value is -2.66. The van der Waals surface area contributed by atoms with Gasteiger partial charge in [0.2, 0.25) is 0 Å². The minimum Gasteiger partial charge on any atom is -0.484 e. The molecule has 5 heteroatoms. The van der Waals surface area contributed by atoms with Crippen molar-refractivity contribution in [1.29, 1.82) is 0 Å². The van der Waals surface area contributed by atoms with Gasteiger partial charge in [0.05, 0.1) is 12.2 Å². The van der Waals surface area contributed by atoms with E-state index in [9.17, 15) is 4.79 Å². The molecule has 1 heterocycles. The summed E-state index contributed by atoms with van der Waals surface area (Å²) < 4.78 is 5.49. The summed E-state index contributed by atoms with van der Waals surface area (Å²) in [6.07, 6.45) is 0. The summed E-state index contributed by atoms with van der Waals surface area (Å²) in [6, 6.07) is 17.7. The van der Waals surface area contributed by atoms with Crippen molar-refractivity contribution >= 4 is 17.2 Å². The van der Waals surface area contributed by atoms with Gasteiger partial charge < -0.3 is 10.1 Å². The maximum atomic E-state index is 12.0. The Morgan fingerprint density at radius 1 is 1.08 bits per heavy atom. The number of amides is 1. The minimum atomic E-state index is -0.144. The lowest BCUT2D eigenvalue weighted by molar-refractivity contribution is -0.123. The van der Waals surface area contributed by atoms with Crippen LogP contribution in [0.25, 0.3) is 10.6 Å². The molecule has 0 saturated carbocycles. The number of benzene rings is 2. The predicted molar refractivity (Wildman–Crippen MR) is 101 cm³/mol. The molecule has 128 valence electrons. The van der Waals surface area contributed by atoms with Crippen LogP contribution < -0.4 is 10.1 Å². The molecule has 0 atom stereocenters. The van der Waals surface area contributed by atoms with Crippen LogP contribution in [0.1, 0.15) is 16.1 Å². The third kappa shape index (κ3) is 4.67. The molecular weight excluding hydrogens is 332 g/mol. The highest BCUT2D eigenvalue weighted by Gasteiger charge is 2.10. The molecule has 1 aromatic heterocycles.